The summed E-state index contributed by atoms with van der Waals surface area (Å²) >= 11 is 0. The number of isocyanates is 1. The van der Waals surface area contributed by atoms with Crippen LogP contribution in [0, 0.1) is 10.1 Å². The fourth-order valence-corrected chi connectivity index (χ4v) is 1.04. The maximum Gasteiger partial charge on any atom is 0.348 e. The van der Waals surface area contributed by atoms with Crippen molar-refractivity contribution in [3.63, 3.8) is 0 Å². The summed E-state index contributed by atoms with van der Waals surface area (Å²) in [5, 5.41) is 16.3. The van der Waals surface area contributed by atoms with Crippen LogP contribution in [0.2, 0.25) is 0 Å². The third-order valence-corrected chi connectivity index (χ3v) is 1.79. The maximum absolute atomic E-state index is 10.5. The molecule has 74 valence electrons. The Kier molecular flexibility index (Phi) is 2.44. The smallest absolute Gasteiger partial charge is 0.348 e. The first-order valence-electron chi connectivity index (χ1n) is 3.76. The summed E-state index contributed by atoms with van der Waals surface area (Å²) in [6, 6.07) is 0. The molecule has 0 aliphatic rings. The Hall–Kier alpha value is -2.01. The number of nitro groups is 1. The summed E-state index contributed by atoms with van der Waals surface area (Å²) in [4.78, 5) is 23.5. The minimum absolute atomic E-state index is 0.255. The highest BCUT2D eigenvalue weighted by Crippen LogP contribution is 2.30. The van der Waals surface area contributed by atoms with Crippen LogP contribution in [0.1, 0.15) is 19.4 Å². The Morgan fingerprint density at radius 1 is 1.71 bits per heavy atom. The van der Waals surface area contributed by atoms with E-state index >= 15 is 0 Å². The first-order chi connectivity index (χ1) is 6.49. The largest absolute Gasteiger partial charge is 0.358 e. The Balaban J connectivity index is 3.24. The maximum atomic E-state index is 10.5. The second kappa shape index (κ2) is 3.39. The molecule has 0 fully saturated rings. The molecule has 14 heavy (non-hydrogen) atoms. The summed E-state index contributed by atoms with van der Waals surface area (Å²) in [5.74, 6) is -0.256. The average molecular weight is 196 g/mol. The van der Waals surface area contributed by atoms with Gasteiger partial charge in [0.15, 0.2) is 0 Å². The van der Waals surface area contributed by atoms with Crippen molar-refractivity contribution in [1.82, 2.24) is 10.2 Å². The highest BCUT2D eigenvalue weighted by Gasteiger charge is 2.30. The van der Waals surface area contributed by atoms with Crippen molar-refractivity contribution in [3.05, 3.63) is 21.9 Å². The quantitative estimate of drug-likeness (QED) is 0.335. The fourth-order valence-electron chi connectivity index (χ4n) is 1.04. The monoisotopic (exact) mass is 196 g/mol. The second-order valence-electron chi connectivity index (χ2n) is 3.15. The topological polar surface area (TPSA) is 101 Å². The Bertz CT molecular complexity index is 403. The van der Waals surface area contributed by atoms with Gasteiger partial charge in [-0.3, -0.25) is 0 Å². The minimum atomic E-state index is -0.989. The van der Waals surface area contributed by atoms with Crippen molar-refractivity contribution in [2.24, 2.45) is 4.99 Å². The predicted molar refractivity (Wildman–Crippen MR) is 46.4 cm³/mol. The number of nitrogens with one attached hydrogen (secondary N) is 1. The SMILES string of the molecule is CC(C)(N=C=O)c1cn[nH]c1[N+](=O)[O-]. The molecule has 0 amide bonds. The van der Waals surface area contributed by atoms with Crippen LogP contribution in [-0.2, 0) is 10.3 Å². The lowest BCUT2D eigenvalue weighted by atomic mass is 9.98. The highest BCUT2D eigenvalue weighted by atomic mass is 16.6. The van der Waals surface area contributed by atoms with E-state index in [0.29, 0.717) is 0 Å². The van der Waals surface area contributed by atoms with E-state index < -0.39 is 10.5 Å². The van der Waals surface area contributed by atoms with Gasteiger partial charge in [-0.05, 0) is 18.8 Å². The van der Waals surface area contributed by atoms with E-state index in [-0.39, 0.29) is 11.4 Å². The van der Waals surface area contributed by atoms with E-state index in [0.717, 1.165) is 0 Å². The molecule has 7 heteroatoms. The molecule has 7 nitrogen and oxygen atoms in total. The lowest BCUT2D eigenvalue weighted by Crippen LogP contribution is -2.14. The molecule has 0 aliphatic heterocycles. The van der Waals surface area contributed by atoms with Crippen LogP contribution in [0.3, 0.4) is 0 Å². The molecule has 1 aromatic heterocycles. The number of aromatic nitrogens is 2. The van der Waals surface area contributed by atoms with Gasteiger partial charge in [0.1, 0.15) is 5.54 Å². The van der Waals surface area contributed by atoms with Gasteiger partial charge in [0.05, 0.1) is 11.8 Å². The van der Waals surface area contributed by atoms with Gasteiger partial charge in [-0.25, -0.2) is 4.79 Å². The number of aliphatic imine (C=N–C) groups is 1. The lowest BCUT2D eigenvalue weighted by molar-refractivity contribution is -0.390. The predicted octanol–water partition coefficient (Wildman–Crippen LogP) is 0.889. The molecule has 0 spiro atoms. The third-order valence-electron chi connectivity index (χ3n) is 1.79. The van der Waals surface area contributed by atoms with E-state index in [4.69, 9.17) is 0 Å². The van der Waals surface area contributed by atoms with Gasteiger partial charge in [-0.15, -0.1) is 5.10 Å². The van der Waals surface area contributed by atoms with Crippen molar-refractivity contribution < 1.29 is 9.72 Å². The van der Waals surface area contributed by atoms with Crippen LogP contribution >= 0.6 is 0 Å². The third kappa shape index (κ3) is 1.67. The summed E-state index contributed by atoms with van der Waals surface area (Å²) < 4.78 is 0. The summed E-state index contributed by atoms with van der Waals surface area (Å²) in [7, 11) is 0. The molecule has 0 bridgehead atoms. The molecule has 0 saturated carbocycles. The molecule has 0 aromatic carbocycles. The molecule has 0 unspecified atom stereocenters. The molecule has 1 rings (SSSR count). The number of H-pyrrole nitrogens is 1. The van der Waals surface area contributed by atoms with E-state index in [2.05, 4.69) is 15.2 Å². The van der Waals surface area contributed by atoms with Gasteiger partial charge in [0.2, 0.25) is 6.08 Å². The molecule has 0 atom stereocenters. The second-order valence-corrected chi connectivity index (χ2v) is 3.15. The molecule has 0 radical (unpaired) electrons. The van der Waals surface area contributed by atoms with Crippen LogP contribution in [0.5, 0.6) is 0 Å². The van der Waals surface area contributed by atoms with E-state index in [1.54, 1.807) is 13.8 Å². The highest BCUT2D eigenvalue weighted by molar-refractivity contribution is 5.41. The Morgan fingerprint density at radius 2 is 2.36 bits per heavy atom. The van der Waals surface area contributed by atoms with Crippen molar-refractivity contribution >= 4 is 11.9 Å². The zero-order valence-electron chi connectivity index (χ0n) is 7.64. The number of aromatic amines is 1. The number of hydrogen-bond acceptors (Lipinski definition) is 5. The lowest BCUT2D eigenvalue weighted by Gasteiger charge is -2.13. The van der Waals surface area contributed by atoms with Gasteiger partial charge in [-0.2, -0.15) is 4.99 Å². The fraction of sp³-hybridized carbons (Fsp3) is 0.429. The summed E-state index contributed by atoms with van der Waals surface area (Å²) in [6.45, 7) is 3.13. The molecule has 1 heterocycles. The number of rotatable bonds is 3. The van der Waals surface area contributed by atoms with Gasteiger partial charge in [0.25, 0.3) is 0 Å². The average Bonchev–Trinajstić information content (AvgIpc) is 2.51. The van der Waals surface area contributed by atoms with Crippen molar-refractivity contribution in [1.29, 1.82) is 0 Å². The Morgan fingerprint density at radius 3 is 2.86 bits per heavy atom. The molecular formula is C7H8N4O3. The Labute approximate surface area is 79.0 Å². The first kappa shape index (κ1) is 10.1. The van der Waals surface area contributed by atoms with Crippen LogP contribution in [-0.4, -0.2) is 21.2 Å². The molecule has 1 N–H and O–H groups in total. The molecule has 0 saturated heterocycles. The van der Waals surface area contributed by atoms with Crippen molar-refractivity contribution in [2.75, 3.05) is 0 Å². The zero-order chi connectivity index (χ0) is 10.8. The van der Waals surface area contributed by atoms with Crippen LogP contribution in [0.15, 0.2) is 11.2 Å². The van der Waals surface area contributed by atoms with Crippen molar-refractivity contribution in [3.8, 4) is 0 Å². The molecule has 0 aliphatic carbocycles. The first-order valence-corrected chi connectivity index (χ1v) is 3.76. The van der Waals surface area contributed by atoms with Crippen LogP contribution in [0.4, 0.5) is 5.82 Å². The van der Waals surface area contributed by atoms with E-state index in [1.807, 2.05) is 0 Å². The van der Waals surface area contributed by atoms with Gasteiger partial charge < -0.3 is 10.1 Å². The summed E-state index contributed by atoms with van der Waals surface area (Å²) in [5.41, 5.74) is -0.734. The number of hydrogen-bond donors (Lipinski definition) is 1. The zero-order valence-corrected chi connectivity index (χ0v) is 7.64. The van der Waals surface area contributed by atoms with Gasteiger partial charge >= 0.3 is 5.82 Å². The van der Waals surface area contributed by atoms with Crippen LogP contribution < -0.4 is 0 Å². The molecule has 1 aromatic rings. The summed E-state index contributed by atoms with van der Waals surface area (Å²) in [6.07, 6.45) is 2.65. The molecular weight excluding hydrogens is 188 g/mol. The van der Waals surface area contributed by atoms with Gasteiger partial charge in [0, 0.05) is 0 Å². The van der Waals surface area contributed by atoms with Gasteiger partial charge in [-0.1, -0.05) is 5.10 Å². The van der Waals surface area contributed by atoms with E-state index in [1.165, 1.54) is 12.3 Å². The number of nitrogens with zero attached hydrogens (tertiary/aromatic N) is 3. The van der Waals surface area contributed by atoms with E-state index in [9.17, 15) is 14.9 Å². The van der Waals surface area contributed by atoms with Crippen molar-refractivity contribution in [2.45, 2.75) is 19.4 Å². The van der Waals surface area contributed by atoms with Crippen LogP contribution in [0.25, 0.3) is 0 Å². The normalized spacial score (nSPS) is 10.7. The number of carbonyl (C=O) groups excluding carboxylic acids is 1. The standard InChI is InChI=1S/C7H8N4O3/c1-7(2,8-4-12)5-3-9-10-6(5)11(13)14/h3H,1-2H3,(H,9,10). The minimum Gasteiger partial charge on any atom is -0.358 e.